The molecule has 0 aromatic carbocycles. The van der Waals surface area contributed by atoms with Crippen LogP contribution in [0.25, 0.3) is 0 Å². The molecule has 1 fully saturated rings. The molecule has 0 saturated carbocycles. The molecule has 1 aliphatic heterocycles. The molecular formula is C13H23N3O4. The summed E-state index contributed by atoms with van der Waals surface area (Å²) in [5.41, 5.74) is -0.608. The number of carboxylic acids is 1. The molecule has 7 nitrogen and oxygen atoms in total. The van der Waals surface area contributed by atoms with E-state index in [0.717, 1.165) is 0 Å². The lowest BCUT2D eigenvalue weighted by molar-refractivity contribution is -0.140. The largest absolute Gasteiger partial charge is 0.480 e. The standard InChI is InChI=1S/C13H23N3O4/c1-8(2)9(10(17)18)15-12(20)16-6-5-13(3,7-16)11(19)14-4/h8-9H,5-7H2,1-4H3,(H,14,19)(H,15,20)(H,17,18). The van der Waals surface area contributed by atoms with Crippen molar-refractivity contribution < 1.29 is 19.5 Å². The van der Waals surface area contributed by atoms with Gasteiger partial charge in [-0.15, -0.1) is 0 Å². The van der Waals surface area contributed by atoms with Crippen LogP contribution in [0.2, 0.25) is 0 Å². The van der Waals surface area contributed by atoms with Crippen molar-refractivity contribution in [3.8, 4) is 0 Å². The van der Waals surface area contributed by atoms with Gasteiger partial charge in [-0.1, -0.05) is 13.8 Å². The molecule has 0 bridgehead atoms. The van der Waals surface area contributed by atoms with E-state index in [1.54, 1.807) is 27.8 Å². The zero-order valence-corrected chi connectivity index (χ0v) is 12.4. The number of nitrogens with zero attached hydrogens (tertiary/aromatic N) is 1. The summed E-state index contributed by atoms with van der Waals surface area (Å²) in [6.07, 6.45) is 0.569. The average molecular weight is 285 g/mol. The van der Waals surface area contributed by atoms with Crippen LogP contribution in [0.3, 0.4) is 0 Å². The summed E-state index contributed by atoms with van der Waals surface area (Å²) in [6.45, 7) is 6.01. The predicted molar refractivity (Wildman–Crippen MR) is 73.2 cm³/mol. The Bertz CT molecular complexity index is 410. The SMILES string of the molecule is CNC(=O)C1(C)CCN(C(=O)NC(C(=O)O)C(C)C)C1. The lowest BCUT2D eigenvalue weighted by atomic mass is 9.89. The van der Waals surface area contributed by atoms with Crippen molar-refractivity contribution in [2.45, 2.75) is 33.2 Å². The van der Waals surface area contributed by atoms with E-state index in [1.165, 1.54) is 4.90 Å². The Morgan fingerprint density at radius 1 is 1.30 bits per heavy atom. The highest BCUT2D eigenvalue weighted by Gasteiger charge is 2.42. The van der Waals surface area contributed by atoms with E-state index in [1.807, 2.05) is 0 Å². The van der Waals surface area contributed by atoms with Crippen LogP contribution >= 0.6 is 0 Å². The second-order valence-electron chi connectivity index (χ2n) is 5.82. The van der Waals surface area contributed by atoms with Gasteiger partial charge in [0.15, 0.2) is 0 Å². The fourth-order valence-corrected chi connectivity index (χ4v) is 2.36. The third-order valence-corrected chi connectivity index (χ3v) is 3.75. The Morgan fingerprint density at radius 3 is 2.35 bits per heavy atom. The molecule has 0 aromatic rings. The van der Waals surface area contributed by atoms with Gasteiger partial charge in [0.1, 0.15) is 6.04 Å². The Hall–Kier alpha value is -1.79. The topological polar surface area (TPSA) is 98.7 Å². The van der Waals surface area contributed by atoms with Crippen molar-refractivity contribution in [2.24, 2.45) is 11.3 Å². The van der Waals surface area contributed by atoms with Gasteiger partial charge in [-0.05, 0) is 19.3 Å². The van der Waals surface area contributed by atoms with Crippen molar-refractivity contribution in [2.75, 3.05) is 20.1 Å². The van der Waals surface area contributed by atoms with Crippen LogP contribution in [-0.4, -0.2) is 54.1 Å². The maximum atomic E-state index is 12.1. The molecule has 3 N–H and O–H groups in total. The van der Waals surface area contributed by atoms with Crippen molar-refractivity contribution in [3.05, 3.63) is 0 Å². The molecule has 0 aliphatic carbocycles. The lowest BCUT2D eigenvalue weighted by Crippen LogP contribution is -2.50. The summed E-state index contributed by atoms with van der Waals surface area (Å²) in [5.74, 6) is -1.36. The number of carbonyl (C=O) groups is 3. The predicted octanol–water partition coefficient (Wildman–Crippen LogP) is 0.263. The van der Waals surface area contributed by atoms with Crippen molar-refractivity contribution >= 4 is 17.9 Å². The van der Waals surface area contributed by atoms with Gasteiger partial charge in [-0.2, -0.15) is 0 Å². The molecule has 1 heterocycles. The number of likely N-dealkylation sites (tertiary alicyclic amines) is 1. The fourth-order valence-electron chi connectivity index (χ4n) is 2.36. The molecule has 0 aromatic heterocycles. The Labute approximate surface area is 118 Å². The molecule has 7 heteroatoms. The van der Waals surface area contributed by atoms with Gasteiger partial charge in [-0.25, -0.2) is 9.59 Å². The highest BCUT2D eigenvalue weighted by Crippen LogP contribution is 2.30. The number of carbonyl (C=O) groups excluding carboxylic acids is 2. The Balaban J connectivity index is 2.67. The maximum absolute atomic E-state index is 12.1. The molecule has 0 spiro atoms. The molecule has 20 heavy (non-hydrogen) atoms. The quantitative estimate of drug-likeness (QED) is 0.690. The van der Waals surface area contributed by atoms with Crippen LogP contribution in [0, 0.1) is 11.3 Å². The third kappa shape index (κ3) is 3.40. The monoisotopic (exact) mass is 285 g/mol. The molecule has 1 aliphatic rings. The Morgan fingerprint density at radius 2 is 1.90 bits per heavy atom. The second-order valence-corrected chi connectivity index (χ2v) is 5.82. The van der Waals surface area contributed by atoms with Crippen molar-refractivity contribution in [1.29, 1.82) is 0 Å². The molecule has 2 unspecified atom stereocenters. The number of hydrogen-bond donors (Lipinski definition) is 3. The van der Waals surface area contributed by atoms with E-state index >= 15 is 0 Å². The zero-order chi connectivity index (χ0) is 15.5. The van der Waals surface area contributed by atoms with E-state index in [4.69, 9.17) is 5.11 Å². The highest BCUT2D eigenvalue weighted by molar-refractivity contribution is 5.86. The number of hydrogen-bond acceptors (Lipinski definition) is 3. The number of aliphatic carboxylic acids is 1. The minimum Gasteiger partial charge on any atom is -0.480 e. The molecule has 2 atom stereocenters. The van der Waals surface area contributed by atoms with Gasteiger partial charge in [-0.3, -0.25) is 4.79 Å². The summed E-state index contributed by atoms with van der Waals surface area (Å²) < 4.78 is 0. The number of amides is 3. The van der Waals surface area contributed by atoms with Gasteiger partial charge < -0.3 is 20.6 Å². The summed E-state index contributed by atoms with van der Waals surface area (Å²) in [5, 5.41) is 14.2. The molecule has 1 rings (SSSR count). The first-order valence-electron chi connectivity index (χ1n) is 6.71. The molecule has 1 saturated heterocycles. The van der Waals surface area contributed by atoms with E-state index in [9.17, 15) is 14.4 Å². The Kier molecular flexibility index (Phi) is 4.97. The van der Waals surface area contributed by atoms with Gasteiger partial charge in [0.25, 0.3) is 0 Å². The first-order chi connectivity index (χ1) is 9.21. The minimum atomic E-state index is -1.05. The lowest BCUT2D eigenvalue weighted by Gasteiger charge is -2.25. The summed E-state index contributed by atoms with van der Waals surface area (Å²) in [7, 11) is 1.57. The minimum absolute atomic E-state index is 0.105. The van der Waals surface area contributed by atoms with Crippen LogP contribution in [0.4, 0.5) is 4.79 Å². The molecule has 114 valence electrons. The van der Waals surface area contributed by atoms with Crippen LogP contribution in [0.1, 0.15) is 27.2 Å². The number of carboxylic acid groups (broad SMARTS) is 1. The normalized spacial score (nSPS) is 23.6. The van der Waals surface area contributed by atoms with E-state index in [0.29, 0.717) is 19.5 Å². The first kappa shape index (κ1) is 16.3. The van der Waals surface area contributed by atoms with E-state index in [-0.39, 0.29) is 11.8 Å². The molecule has 0 radical (unpaired) electrons. The highest BCUT2D eigenvalue weighted by atomic mass is 16.4. The van der Waals surface area contributed by atoms with Gasteiger partial charge >= 0.3 is 12.0 Å². The molecule has 3 amide bonds. The van der Waals surface area contributed by atoms with Crippen molar-refractivity contribution in [3.63, 3.8) is 0 Å². The second kappa shape index (κ2) is 6.11. The van der Waals surface area contributed by atoms with E-state index in [2.05, 4.69) is 10.6 Å². The van der Waals surface area contributed by atoms with Gasteiger partial charge in [0, 0.05) is 20.1 Å². The fraction of sp³-hybridized carbons (Fsp3) is 0.769. The van der Waals surface area contributed by atoms with Crippen LogP contribution in [-0.2, 0) is 9.59 Å². The summed E-state index contributed by atoms with van der Waals surface area (Å²) >= 11 is 0. The number of nitrogens with one attached hydrogen (secondary N) is 2. The maximum Gasteiger partial charge on any atom is 0.326 e. The first-order valence-corrected chi connectivity index (χ1v) is 6.71. The average Bonchev–Trinajstić information content (AvgIpc) is 2.77. The number of rotatable bonds is 4. The summed E-state index contributed by atoms with van der Waals surface area (Å²) in [6, 6.07) is -1.35. The van der Waals surface area contributed by atoms with Gasteiger partial charge in [0.2, 0.25) is 5.91 Å². The van der Waals surface area contributed by atoms with Gasteiger partial charge in [0.05, 0.1) is 5.41 Å². The molecular weight excluding hydrogens is 262 g/mol. The third-order valence-electron chi connectivity index (χ3n) is 3.75. The van der Waals surface area contributed by atoms with Crippen LogP contribution in [0.5, 0.6) is 0 Å². The smallest absolute Gasteiger partial charge is 0.326 e. The van der Waals surface area contributed by atoms with Crippen LogP contribution < -0.4 is 10.6 Å². The zero-order valence-electron chi connectivity index (χ0n) is 12.4. The van der Waals surface area contributed by atoms with Crippen LogP contribution in [0.15, 0.2) is 0 Å². The van der Waals surface area contributed by atoms with Crippen molar-refractivity contribution in [1.82, 2.24) is 15.5 Å². The van der Waals surface area contributed by atoms with E-state index < -0.39 is 23.5 Å². The summed E-state index contributed by atoms with van der Waals surface area (Å²) in [4.78, 5) is 36.4. The number of urea groups is 1.